The predicted octanol–water partition coefficient (Wildman–Crippen LogP) is 5.62. The van der Waals surface area contributed by atoms with Gasteiger partial charge < -0.3 is 10.2 Å². The molecule has 4 nitrogen and oxygen atoms in total. The molecular weight excluding hydrogens is 455 g/mol. The van der Waals surface area contributed by atoms with Gasteiger partial charge in [-0.3, -0.25) is 9.59 Å². The van der Waals surface area contributed by atoms with Gasteiger partial charge >= 0.3 is 0 Å². The smallest absolute Gasteiger partial charge is 0.243 e. The van der Waals surface area contributed by atoms with E-state index in [4.69, 9.17) is 23.2 Å². The van der Waals surface area contributed by atoms with Crippen LogP contribution in [0.5, 0.6) is 0 Å². The minimum atomic E-state index is -0.662. The van der Waals surface area contributed by atoms with Gasteiger partial charge in [0.05, 0.1) is 6.42 Å². The molecule has 1 N–H and O–H groups in total. The van der Waals surface area contributed by atoms with Gasteiger partial charge in [-0.2, -0.15) is 0 Å². The van der Waals surface area contributed by atoms with Crippen LogP contribution in [0.1, 0.15) is 29.2 Å². The van der Waals surface area contributed by atoms with Crippen LogP contribution >= 0.6 is 23.2 Å². The normalized spacial score (nSPS) is 11.6. The molecule has 0 spiro atoms. The van der Waals surface area contributed by atoms with Gasteiger partial charge in [0.15, 0.2) is 0 Å². The van der Waals surface area contributed by atoms with Crippen molar-refractivity contribution in [3.05, 3.63) is 105 Å². The second-order valence-electron chi connectivity index (χ2n) is 7.96. The summed E-state index contributed by atoms with van der Waals surface area (Å²) in [4.78, 5) is 28.5. The molecule has 33 heavy (non-hydrogen) atoms. The predicted molar refractivity (Wildman–Crippen MR) is 135 cm³/mol. The van der Waals surface area contributed by atoms with Crippen molar-refractivity contribution in [2.24, 2.45) is 0 Å². The summed E-state index contributed by atoms with van der Waals surface area (Å²) in [5.74, 6) is -0.347. The second-order valence-corrected chi connectivity index (χ2v) is 8.80. The fourth-order valence-corrected chi connectivity index (χ4v) is 4.22. The quantitative estimate of drug-likeness (QED) is 0.430. The molecular formula is C27H28Cl2N2O2. The first-order valence-corrected chi connectivity index (χ1v) is 11.7. The molecule has 6 heteroatoms. The van der Waals surface area contributed by atoms with E-state index in [-0.39, 0.29) is 18.2 Å². The summed E-state index contributed by atoms with van der Waals surface area (Å²) in [5.41, 5.74) is 3.72. The molecule has 2 amide bonds. The second kappa shape index (κ2) is 11.9. The van der Waals surface area contributed by atoms with Gasteiger partial charge in [-0.25, -0.2) is 0 Å². The highest BCUT2D eigenvalue weighted by Gasteiger charge is 2.30. The minimum Gasteiger partial charge on any atom is -0.355 e. The molecule has 0 aliphatic heterocycles. The number of amides is 2. The lowest BCUT2D eigenvalue weighted by Crippen LogP contribution is -2.51. The zero-order chi connectivity index (χ0) is 23.8. The molecule has 3 aromatic rings. The molecule has 0 radical (unpaired) electrons. The van der Waals surface area contributed by atoms with Crippen molar-refractivity contribution in [3.63, 3.8) is 0 Å². The van der Waals surface area contributed by atoms with Gasteiger partial charge in [0.25, 0.3) is 0 Å². The average Bonchev–Trinajstić information content (AvgIpc) is 2.80. The SMILES string of the molecule is CCNC(=O)C(Cc1ccccc1)N(Cc1ccccc1C)C(=O)Cc1ccc(Cl)cc1Cl. The van der Waals surface area contributed by atoms with E-state index < -0.39 is 6.04 Å². The largest absolute Gasteiger partial charge is 0.355 e. The van der Waals surface area contributed by atoms with Crippen LogP contribution in [0, 0.1) is 6.92 Å². The number of carbonyl (C=O) groups is 2. The number of nitrogens with zero attached hydrogens (tertiary/aromatic N) is 1. The van der Waals surface area contributed by atoms with E-state index in [1.54, 1.807) is 23.1 Å². The van der Waals surface area contributed by atoms with Crippen LogP contribution in [0.4, 0.5) is 0 Å². The van der Waals surface area contributed by atoms with Crippen molar-refractivity contribution in [3.8, 4) is 0 Å². The van der Waals surface area contributed by atoms with Crippen LogP contribution in [0.25, 0.3) is 0 Å². The average molecular weight is 483 g/mol. The van der Waals surface area contributed by atoms with Crippen molar-refractivity contribution >= 4 is 35.0 Å². The van der Waals surface area contributed by atoms with Crippen molar-refractivity contribution in [1.29, 1.82) is 0 Å². The van der Waals surface area contributed by atoms with Gasteiger partial charge in [0.1, 0.15) is 6.04 Å². The van der Waals surface area contributed by atoms with Crippen LogP contribution in [0.2, 0.25) is 10.0 Å². The summed E-state index contributed by atoms with van der Waals surface area (Å²) in [6.45, 7) is 4.69. The fraction of sp³-hybridized carbons (Fsp3) is 0.259. The standard InChI is InChI=1S/C27H28Cl2N2O2/c1-3-30-27(33)25(15-20-10-5-4-6-11-20)31(18-22-12-8-7-9-19(22)2)26(32)16-21-13-14-23(28)17-24(21)29/h4-14,17,25H,3,15-16,18H2,1-2H3,(H,30,33). The molecule has 0 aliphatic carbocycles. The van der Waals surface area contributed by atoms with Crippen molar-refractivity contribution in [2.75, 3.05) is 6.54 Å². The summed E-state index contributed by atoms with van der Waals surface area (Å²) < 4.78 is 0. The molecule has 3 rings (SSSR count). The topological polar surface area (TPSA) is 49.4 Å². The number of hydrogen-bond acceptors (Lipinski definition) is 2. The number of likely N-dealkylation sites (N-methyl/N-ethyl adjacent to an activating group) is 1. The molecule has 0 fully saturated rings. The van der Waals surface area contributed by atoms with E-state index in [1.807, 2.05) is 68.4 Å². The van der Waals surface area contributed by atoms with E-state index in [0.29, 0.717) is 35.1 Å². The van der Waals surface area contributed by atoms with E-state index in [1.165, 1.54) is 0 Å². The number of hydrogen-bond donors (Lipinski definition) is 1. The maximum atomic E-state index is 13.7. The third-order valence-corrected chi connectivity index (χ3v) is 6.17. The van der Waals surface area contributed by atoms with Crippen molar-refractivity contribution in [1.82, 2.24) is 10.2 Å². The van der Waals surface area contributed by atoms with Crippen LogP contribution in [-0.2, 0) is 29.0 Å². The first-order chi connectivity index (χ1) is 15.9. The lowest BCUT2D eigenvalue weighted by atomic mass is 10.0. The van der Waals surface area contributed by atoms with Crippen molar-refractivity contribution in [2.45, 2.75) is 39.3 Å². The Labute approximate surface area is 205 Å². The van der Waals surface area contributed by atoms with Crippen LogP contribution in [0.3, 0.4) is 0 Å². The summed E-state index contributed by atoms with van der Waals surface area (Å²) in [6, 6.07) is 22.1. The number of halogens is 2. The highest BCUT2D eigenvalue weighted by atomic mass is 35.5. The molecule has 0 bridgehead atoms. The molecule has 172 valence electrons. The Balaban J connectivity index is 1.98. The zero-order valence-electron chi connectivity index (χ0n) is 18.9. The third kappa shape index (κ3) is 6.83. The van der Waals surface area contributed by atoms with Gasteiger partial charge in [0, 0.05) is 29.6 Å². The van der Waals surface area contributed by atoms with Crippen LogP contribution in [0.15, 0.2) is 72.8 Å². The van der Waals surface area contributed by atoms with Crippen molar-refractivity contribution < 1.29 is 9.59 Å². The number of rotatable bonds is 9. The lowest BCUT2D eigenvalue weighted by Gasteiger charge is -2.32. The molecule has 0 aliphatic rings. The summed E-state index contributed by atoms with van der Waals surface area (Å²) in [5, 5.41) is 3.85. The first kappa shape index (κ1) is 24.8. The maximum Gasteiger partial charge on any atom is 0.243 e. The molecule has 1 unspecified atom stereocenters. The van der Waals surface area contributed by atoms with Gasteiger partial charge in [-0.1, -0.05) is 83.9 Å². The monoisotopic (exact) mass is 482 g/mol. The van der Waals surface area contributed by atoms with Crippen LogP contribution < -0.4 is 5.32 Å². The number of carbonyl (C=O) groups excluding carboxylic acids is 2. The Kier molecular flexibility index (Phi) is 8.93. The zero-order valence-corrected chi connectivity index (χ0v) is 20.4. The Morgan fingerprint density at radius 1 is 0.939 bits per heavy atom. The summed E-state index contributed by atoms with van der Waals surface area (Å²) in [6.07, 6.45) is 0.491. The lowest BCUT2D eigenvalue weighted by molar-refractivity contribution is -0.140. The minimum absolute atomic E-state index is 0.0760. The Morgan fingerprint density at radius 2 is 1.64 bits per heavy atom. The van der Waals surface area contributed by atoms with Crippen LogP contribution in [-0.4, -0.2) is 29.3 Å². The summed E-state index contributed by atoms with van der Waals surface area (Å²) in [7, 11) is 0. The van der Waals surface area contributed by atoms with E-state index >= 15 is 0 Å². The molecule has 0 saturated carbocycles. The van der Waals surface area contributed by atoms with E-state index in [0.717, 1.165) is 16.7 Å². The van der Waals surface area contributed by atoms with E-state index in [9.17, 15) is 9.59 Å². The molecule has 0 heterocycles. The molecule has 0 saturated heterocycles. The number of aryl methyl sites for hydroxylation is 1. The summed E-state index contributed by atoms with van der Waals surface area (Å²) >= 11 is 12.4. The molecule has 0 aromatic heterocycles. The van der Waals surface area contributed by atoms with Gasteiger partial charge in [-0.15, -0.1) is 0 Å². The highest BCUT2D eigenvalue weighted by Crippen LogP contribution is 2.24. The third-order valence-electron chi connectivity index (χ3n) is 5.58. The number of nitrogens with one attached hydrogen (secondary N) is 1. The Bertz CT molecular complexity index is 1100. The highest BCUT2D eigenvalue weighted by molar-refractivity contribution is 6.35. The van der Waals surface area contributed by atoms with Gasteiger partial charge in [-0.05, 0) is 48.2 Å². The fourth-order valence-electron chi connectivity index (χ4n) is 3.75. The first-order valence-electron chi connectivity index (χ1n) is 11.0. The number of benzene rings is 3. The molecule has 1 atom stereocenters. The molecule has 3 aromatic carbocycles. The van der Waals surface area contributed by atoms with E-state index in [2.05, 4.69) is 5.32 Å². The van der Waals surface area contributed by atoms with Gasteiger partial charge in [0.2, 0.25) is 11.8 Å². The Hall–Kier alpha value is -2.82. The Morgan fingerprint density at radius 3 is 2.30 bits per heavy atom. The maximum absolute atomic E-state index is 13.7.